The molecule has 1 fully saturated rings. The van der Waals surface area contributed by atoms with E-state index < -0.39 is 11.6 Å². The third kappa shape index (κ3) is 4.62. The number of ketones is 1. The Hall–Kier alpha value is -3.35. The minimum Gasteiger partial charge on any atom is -0.497 e. The van der Waals surface area contributed by atoms with E-state index in [-0.39, 0.29) is 18.2 Å². The zero-order valence-electron chi connectivity index (χ0n) is 17.4. The van der Waals surface area contributed by atoms with Crippen LogP contribution >= 0.6 is 0 Å². The highest BCUT2D eigenvalue weighted by atomic mass is 16.5. The monoisotopic (exact) mass is 410 g/mol. The first-order valence-corrected chi connectivity index (χ1v) is 9.89. The van der Waals surface area contributed by atoms with Gasteiger partial charge in [-0.1, -0.05) is 12.1 Å². The minimum atomic E-state index is -1.05. The van der Waals surface area contributed by atoms with Crippen molar-refractivity contribution in [1.82, 2.24) is 10.2 Å². The number of hydrogen-bond donors (Lipinski definition) is 1. The number of hydrogen-bond acceptors (Lipinski definition) is 5. The van der Waals surface area contributed by atoms with E-state index in [1.54, 1.807) is 38.3 Å². The smallest absolute Gasteiger partial charge is 0.325 e. The summed E-state index contributed by atoms with van der Waals surface area (Å²) in [6.45, 7) is 3.81. The van der Waals surface area contributed by atoms with E-state index in [4.69, 9.17) is 9.47 Å². The third-order valence-corrected chi connectivity index (χ3v) is 5.21. The highest BCUT2D eigenvalue weighted by molar-refractivity contribution is 6.11. The first-order valence-electron chi connectivity index (χ1n) is 9.89. The van der Waals surface area contributed by atoms with Crippen LogP contribution in [0.5, 0.6) is 11.5 Å². The molecule has 30 heavy (non-hydrogen) atoms. The van der Waals surface area contributed by atoms with Gasteiger partial charge in [0.25, 0.3) is 5.91 Å². The maximum absolute atomic E-state index is 12.9. The molecule has 7 heteroatoms. The Morgan fingerprint density at radius 2 is 1.67 bits per heavy atom. The molecule has 2 aromatic carbocycles. The summed E-state index contributed by atoms with van der Waals surface area (Å²) in [5.41, 5.74) is 0.407. The second-order valence-corrected chi connectivity index (χ2v) is 7.38. The van der Waals surface area contributed by atoms with Crippen molar-refractivity contribution in [1.29, 1.82) is 0 Å². The van der Waals surface area contributed by atoms with Crippen LogP contribution in [0.2, 0.25) is 0 Å². The van der Waals surface area contributed by atoms with Gasteiger partial charge in [-0.05, 0) is 68.7 Å². The number of imide groups is 1. The molecule has 1 aliphatic heterocycles. The van der Waals surface area contributed by atoms with E-state index in [0.717, 1.165) is 16.2 Å². The van der Waals surface area contributed by atoms with Crippen molar-refractivity contribution in [3.05, 3.63) is 59.7 Å². The molecule has 0 radical (unpaired) electrons. The summed E-state index contributed by atoms with van der Waals surface area (Å²) >= 11 is 0. The van der Waals surface area contributed by atoms with Crippen LogP contribution in [0.1, 0.15) is 36.2 Å². The molecule has 0 aromatic heterocycles. The minimum absolute atomic E-state index is 0.295. The first-order chi connectivity index (χ1) is 14.4. The summed E-state index contributed by atoms with van der Waals surface area (Å²) in [4.78, 5) is 38.9. The van der Waals surface area contributed by atoms with Gasteiger partial charge in [-0.2, -0.15) is 0 Å². The standard InChI is InChI=1S/C23H26N2O5/c1-4-30-19-11-7-17(8-12-19)20(26)15-25-21(27)23(2,24-22(25)28)14-13-16-5-9-18(29-3)10-6-16/h5-12H,4,13-15H2,1-3H3,(H,24,28)/t23-/m1/s1. The second-order valence-electron chi connectivity index (χ2n) is 7.38. The van der Waals surface area contributed by atoms with Crippen LogP contribution < -0.4 is 14.8 Å². The molecule has 0 bridgehead atoms. The lowest BCUT2D eigenvalue weighted by Gasteiger charge is -2.21. The lowest BCUT2D eigenvalue weighted by Crippen LogP contribution is -2.44. The molecule has 0 saturated carbocycles. The van der Waals surface area contributed by atoms with Crippen LogP contribution in [-0.4, -0.2) is 48.4 Å². The van der Waals surface area contributed by atoms with Gasteiger partial charge in [0.15, 0.2) is 5.78 Å². The first kappa shape index (κ1) is 21.4. The topological polar surface area (TPSA) is 84.9 Å². The Balaban J connectivity index is 1.63. The summed E-state index contributed by atoms with van der Waals surface area (Å²) in [7, 11) is 1.60. The number of benzene rings is 2. The highest BCUT2D eigenvalue weighted by Gasteiger charge is 2.47. The van der Waals surface area contributed by atoms with Gasteiger partial charge in [-0.15, -0.1) is 0 Å². The highest BCUT2D eigenvalue weighted by Crippen LogP contribution is 2.24. The van der Waals surface area contributed by atoms with Crippen molar-refractivity contribution in [3.63, 3.8) is 0 Å². The summed E-state index contributed by atoms with van der Waals surface area (Å²) in [5.74, 6) is 0.727. The second kappa shape index (κ2) is 8.98. The van der Waals surface area contributed by atoms with Crippen molar-refractivity contribution in [3.8, 4) is 11.5 Å². The Bertz CT molecular complexity index is 924. The fourth-order valence-corrected chi connectivity index (χ4v) is 3.39. The van der Waals surface area contributed by atoms with Crippen LogP contribution in [0.25, 0.3) is 0 Å². The van der Waals surface area contributed by atoms with E-state index in [1.165, 1.54) is 0 Å². The maximum Gasteiger partial charge on any atom is 0.325 e. The maximum atomic E-state index is 12.9. The van der Waals surface area contributed by atoms with E-state index in [1.807, 2.05) is 31.2 Å². The number of carbonyl (C=O) groups excluding carboxylic acids is 3. The Labute approximate surface area is 176 Å². The fourth-order valence-electron chi connectivity index (χ4n) is 3.39. The fraction of sp³-hybridized carbons (Fsp3) is 0.348. The average Bonchev–Trinajstić information content (AvgIpc) is 2.96. The molecule has 158 valence electrons. The number of urea groups is 1. The lowest BCUT2D eigenvalue weighted by molar-refractivity contribution is -0.130. The van der Waals surface area contributed by atoms with Crippen LogP contribution in [-0.2, 0) is 11.2 Å². The van der Waals surface area contributed by atoms with Crippen molar-refractivity contribution in [2.75, 3.05) is 20.3 Å². The van der Waals surface area contributed by atoms with Crippen molar-refractivity contribution in [2.45, 2.75) is 32.2 Å². The molecule has 1 aliphatic rings. The molecular weight excluding hydrogens is 384 g/mol. The SMILES string of the molecule is CCOc1ccc(C(=O)CN2C(=O)N[C@](C)(CCc3ccc(OC)cc3)C2=O)cc1. The van der Waals surface area contributed by atoms with Crippen LogP contribution in [0, 0.1) is 0 Å². The number of amides is 3. The summed E-state index contributed by atoms with van der Waals surface area (Å²) in [5, 5.41) is 2.75. The van der Waals surface area contributed by atoms with Gasteiger partial charge in [0.2, 0.25) is 0 Å². The zero-order valence-corrected chi connectivity index (χ0v) is 17.4. The van der Waals surface area contributed by atoms with Gasteiger partial charge in [-0.3, -0.25) is 14.5 Å². The van der Waals surface area contributed by atoms with Crippen molar-refractivity contribution < 1.29 is 23.9 Å². The summed E-state index contributed by atoms with van der Waals surface area (Å²) in [6, 6.07) is 13.7. The Kier molecular flexibility index (Phi) is 6.40. The van der Waals surface area contributed by atoms with E-state index in [0.29, 0.717) is 30.8 Å². The van der Waals surface area contributed by atoms with E-state index in [2.05, 4.69) is 5.32 Å². The largest absolute Gasteiger partial charge is 0.497 e. The van der Waals surface area contributed by atoms with Gasteiger partial charge >= 0.3 is 6.03 Å². The Morgan fingerprint density at radius 3 is 2.27 bits per heavy atom. The van der Waals surface area contributed by atoms with Crippen LogP contribution in [0.4, 0.5) is 4.79 Å². The number of ether oxygens (including phenoxy) is 2. The number of methoxy groups -OCH3 is 1. The molecule has 1 saturated heterocycles. The number of aryl methyl sites for hydroxylation is 1. The molecule has 1 heterocycles. The molecule has 0 aliphatic carbocycles. The summed E-state index contributed by atoms with van der Waals surface area (Å²) < 4.78 is 10.5. The van der Waals surface area contributed by atoms with E-state index in [9.17, 15) is 14.4 Å². The van der Waals surface area contributed by atoms with E-state index >= 15 is 0 Å². The number of carbonyl (C=O) groups is 3. The molecular formula is C23H26N2O5. The molecule has 0 unspecified atom stereocenters. The number of rotatable bonds is 9. The van der Waals surface area contributed by atoms with Gasteiger partial charge in [-0.25, -0.2) is 4.79 Å². The van der Waals surface area contributed by atoms with Crippen LogP contribution in [0.3, 0.4) is 0 Å². The molecule has 0 spiro atoms. The van der Waals surface area contributed by atoms with Gasteiger partial charge in [0, 0.05) is 5.56 Å². The van der Waals surface area contributed by atoms with Gasteiger partial charge < -0.3 is 14.8 Å². The van der Waals surface area contributed by atoms with Crippen molar-refractivity contribution >= 4 is 17.7 Å². The molecule has 2 aromatic rings. The quantitative estimate of drug-likeness (QED) is 0.507. The Morgan fingerprint density at radius 1 is 1.03 bits per heavy atom. The number of Topliss-reactive ketones (excluding diaryl/α,β-unsaturated/α-hetero) is 1. The van der Waals surface area contributed by atoms with Crippen molar-refractivity contribution in [2.24, 2.45) is 0 Å². The molecule has 1 atom stereocenters. The predicted molar refractivity (Wildman–Crippen MR) is 112 cm³/mol. The average molecular weight is 410 g/mol. The molecule has 7 nitrogen and oxygen atoms in total. The predicted octanol–water partition coefficient (Wildman–Crippen LogP) is 3.22. The third-order valence-electron chi connectivity index (χ3n) is 5.21. The number of nitrogens with zero attached hydrogens (tertiary/aromatic N) is 1. The normalized spacial score (nSPS) is 18.3. The van der Waals surface area contributed by atoms with Crippen LogP contribution in [0.15, 0.2) is 48.5 Å². The summed E-state index contributed by atoms with van der Waals surface area (Å²) in [6.07, 6.45) is 1.03. The molecule has 3 rings (SSSR count). The molecule has 3 amide bonds. The molecule has 1 N–H and O–H groups in total. The number of nitrogens with one attached hydrogen (secondary N) is 1. The van der Waals surface area contributed by atoms with Gasteiger partial charge in [0.05, 0.1) is 20.3 Å². The lowest BCUT2D eigenvalue weighted by atomic mass is 9.93. The van der Waals surface area contributed by atoms with Gasteiger partial charge in [0.1, 0.15) is 17.0 Å². The zero-order chi connectivity index (χ0) is 21.7.